The van der Waals surface area contributed by atoms with Gasteiger partial charge in [-0.1, -0.05) is 24.3 Å². The Morgan fingerprint density at radius 3 is 2.39 bits per heavy atom. The summed E-state index contributed by atoms with van der Waals surface area (Å²) in [6, 6.07) is 10.4. The Kier molecular flexibility index (Phi) is 5.73. The van der Waals surface area contributed by atoms with Crippen LogP contribution in [0.1, 0.15) is 55.7 Å². The van der Waals surface area contributed by atoms with Gasteiger partial charge in [-0.25, -0.2) is 0 Å². The van der Waals surface area contributed by atoms with E-state index in [1.165, 1.54) is 62.7 Å². The molecule has 1 heterocycles. The van der Waals surface area contributed by atoms with Gasteiger partial charge in [-0.15, -0.1) is 0 Å². The Hall–Kier alpha value is -0.900. The van der Waals surface area contributed by atoms with E-state index in [4.69, 9.17) is 5.73 Å². The van der Waals surface area contributed by atoms with Crippen LogP contribution in [0.15, 0.2) is 24.3 Å². The van der Waals surface area contributed by atoms with Crippen LogP contribution in [0.3, 0.4) is 0 Å². The van der Waals surface area contributed by atoms with Gasteiger partial charge in [0.2, 0.25) is 0 Å². The minimum absolute atomic E-state index is 0.463. The van der Waals surface area contributed by atoms with Crippen LogP contribution in [0, 0.1) is 5.92 Å². The predicted molar refractivity (Wildman–Crippen MR) is 97.3 cm³/mol. The molecule has 1 unspecified atom stereocenters. The highest BCUT2D eigenvalue weighted by atomic mass is 15.2. The molecule has 23 heavy (non-hydrogen) atoms. The molecule has 0 radical (unpaired) electrons. The summed E-state index contributed by atoms with van der Waals surface area (Å²) in [5.41, 5.74) is 8.97. The highest BCUT2D eigenvalue weighted by Gasteiger charge is 2.29. The second kappa shape index (κ2) is 7.78. The summed E-state index contributed by atoms with van der Waals surface area (Å²) >= 11 is 0. The Morgan fingerprint density at radius 2 is 1.74 bits per heavy atom. The van der Waals surface area contributed by atoms with E-state index in [0.29, 0.717) is 12.1 Å². The molecule has 1 aliphatic carbocycles. The van der Waals surface area contributed by atoms with E-state index in [9.17, 15) is 0 Å². The lowest BCUT2D eigenvalue weighted by Crippen LogP contribution is -2.34. The van der Waals surface area contributed by atoms with Crippen LogP contribution in [-0.2, 0) is 6.54 Å². The lowest BCUT2D eigenvalue weighted by Gasteiger charge is -2.32. The van der Waals surface area contributed by atoms with E-state index < -0.39 is 0 Å². The van der Waals surface area contributed by atoms with Crippen LogP contribution in [0.5, 0.6) is 0 Å². The highest BCUT2D eigenvalue weighted by Crippen LogP contribution is 2.34. The van der Waals surface area contributed by atoms with Gasteiger partial charge in [0, 0.05) is 25.2 Å². The molecule has 0 aromatic heterocycles. The molecular weight excluding hydrogens is 282 g/mol. The first-order chi connectivity index (χ1) is 11.1. The van der Waals surface area contributed by atoms with Gasteiger partial charge in [0.05, 0.1) is 0 Å². The summed E-state index contributed by atoms with van der Waals surface area (Å²) in [7, 11) is 4.26. The fraction of sp³-hybridized carbons (Fsp3) is 0.700. The molecule has 3 rings (SSSR count). The second-order valence-electron chi connectivity index (χ2n) is 7.91. The zero-order valence-corrected chi connectivity index (χ0v) is 14.9. The number of hydrogen-bond donors (Lipinski definition) is 1. The Balaban J connectivity index is 1.59. The number of hydrogen-bond acceptors (Lipinski definition) is 3. The Bertz CT molecular complexity index is 474. The van der Waals surface area contributed by atoms with Crippen molar-refractivity contribution in [2.24, 2.45) is 11.7 Å². The van der Waals surface area contributed by atoms with Crippen molar-refractivity contribution >= 4 is 0 Å². The molecule has 128 valence electrons. The van der Waals surface area contributed by atoms with Crippen LogP contribution < -0.4 is 5.73 Å². The van der Waals surface area contributed by atoms with E-state index in [2.05, 4.69) is 48.2 Å². The van der Waals surface area contributed by atoms with Crippen LogP contribution in [0.25, 0.3) is 0 Å². The summed E-state index contributed by atoms with van der Waals surface area (Å²) in [6.07, 6.45) is 7.76. The quantitative estimate of drug-likeness (QED) is 0.904. The SMILES string of the molecule is CN(C)Cc1ccc(C2CCCN2CC2CCC(N)CC2)cc1. The zero-order chi connectivity index (χ0) is 16.2. The molecule has 2 N–H and O–H groups in total. The largest absolute Gasteiger partial charge is 0.328 e. The molecule has 1 aromatic carbocycles. The van der Waals surface area contributed by atoms with Crippen LogP contribution in [-0.4, -0.2) is 43.0 Å². The maximum absolute atomic E-state index is 6.05. The van der Waals surface area contributed by atoms with Gasteiger partial charge >= 0.3 is 0 Å². The molecule has 3 heteroatoms. The maximum Gasteiger partial charge on any atom is 0.0348 e. The third kappa shape index (κ3) is 4.56. The summed E-state index contributed by atoms with van der Waals surface area (Å²) in [4.78, 5) is 4.97. The highest BCUT2D eigenvalue weighted by molar-refractivity contribution is 5.25. The number of likely N-dealkylation sites (tertiary alicyclic amines) is 1. The van der Waals surface area contributed by atoms with Crippen molar-refractivity contribution in [3.8, 4) is 0 Å². The number of nitrogens with zero attached hydrogens (tertiary/aromatic N) is 2. The van der Waals surface area contributed by atoms with Gasteiger partial charge in [-0.3, -0.25) is 4.90 Å². The van der Waals surface area contributed by atoms with Gasteiger partial charge < -0.3 is 10.6 Å². The van der Waals surface area contributed by atoms with E-state index >= 15 is 0 Å². The number of nitrogens with two attached hydrogens (primary N) is 1. The minimum Gasteiger partial charge on any atom is -0.328 e. The first-order valence-electron chi connectivity index (χ1n) is 9.35. The van der Waals surface area contributed by atoms with E-state index in [1.54, 1.807) is 0 Å². The topological polar surface area (TPSA) is 32.5 Å². The number of rotatable bonds is 5. The van der Waals surface area contributed by atoms with Gasteiger partial charge in [0.25, 0.3) is 0 Å². The first-order valence-corrected chi connectivity index (χ1v) is 9.35. The standard InChI is InChI=1S/C20H33N3/c1-22(2)14-16-5-9-18(10-6-16)20-4-3-13-23(20)15-17-7-11-19(21)12-8-17/h5-6,9-10,17,19-20H,3-4,7-8,11-15,21H2,1-2H3. The van der Waals surface area contributed by atoms with E-state index in [-0.39, 0.29) is 0 Å². The molecule has 1 saturated carbocycles. The van der Waals surface area contributed by atoms with E-state index in [1.807, 2.05) is 0 Å². The molecule has 0 bridgehead atoms. The van der Waals surface area contributed by atoms with Crippen molar-refractivity contribution in [1.29, 1.82) is 0 Å². The first kappa shape index (κ1) is 16.9. The second-order valence-corrected chi connectivity index (χ2v) is 7.91. The molecule has 2 fully saturated rings. The van der Waals surface area contributed by atoms with Crippen LogP contribution in [0.2, 0.25) is 0 Å². The van der Waals surface area contributed by atoms with Gasteiger partial charge in [0.1, 0.15) is 0 Å². The molecular formula is C20H33N3. The summed E-state index contributed by atoms with van der Waals surface area (Å²) in [5.74, 6) is 0.864. The van der Waals surface area contributed by atoms with Gasteiger partial charge in [-0.05, 0) is 76.2 Å². The van der Waals surface area contributed by atoms with Crippen LogP contribution >= 0.6 is 0 Å². The molecule has 2 aliphatic rings. The molecule has 1 saturated heterocycles. The zero-order valence-electron chi connectivity index (χ0n) is 14.9. The fourth-order valence-electron chi connectivity index (χ4n) is 4.33. The number of benzene rings is 1. The molecule has 0 amide bonds. The predicted octanol–water partition coefficient (Wildman–Crippen LogP) is 3.40. The van der Waals surface area contributed by atoms with Crippen molar-refractivity contribution < 1.29 is 0 Å². The van der Waals surface area contributed by atoms with Gasteiger partial charge in [0.15, 0.2) is 0 Å². The molecule has 1 aliphatic heterocycles. The Morgan fingerprint density at radius 1 is 1.04 bits per heavy atom. The molecule has 1 aromatic rings. The van der Waals surface area contributed by atoms with Crippen LogP contribution in [0.4, 0.5) is 0 Å². The van der Waals surface area contributed by atoms with Crippen molar-refractivity contribution in [3.05, 3.63) is 35.4 Å². The average Bonchev–Trinajstić information content (AvgIpc) is 2.98. The molecule has 1 atom stereocenters. The third-order valence-electron chi connectivity index (χ3n) is 5.61. The summed E-state index contributed by atoms with van der Waals surface area (Å²) in [5, 5.41) is 0. The summed E-state index contributed by atoms with van der Waals surface area (Å²) in [6.45, 7) is 3.57. The van der Waals surface area contributed by atoms with Gasteiger partial charge in [-0.2, -0.15) is 0 Å². The maximum atomic E-state index is 6.05. The van der Waals surface area contributed by atoms with E-state index in [0.717, 1.165) is 12.5 Å². The smallest absolute Gasteiger partial charge is 0.0348 e. The molecule has 0 spiro atoms. The monoisotopic (exact) mass is 315 g/mol. The summed E-state index contributed by atoms with van der Waals surface area (Å²) < 4.78 is 0. The molecule has 3 nitrogen and oxygen atoms in total. The normalized spacial score (nSPS) is 29.3. The fourth-order valence-corrected chi connectivity index (χ4v) is 4.33. The Labute approximate surface area is 141 Å². The van der Waals surface area contributed by atoms with Crippen molar-refractivity contribution in [3.63, 3.8) is 0 Å². The lowest BCUT2D eigenvalue weighted by molar-refractivity contribution is 0.183. The van der Waals surface area contributed by atoms with Crippen molar-refractivity contribution in [1.82, 2.24) is 9.80 Å². The average molecular weight is 316 g/mol. The third-order valence-corrected chi connectivity index (χ3v) is 5.61. The van der Waals surface area contributed by atoms with Crippen molar-refractivity contribution in [2.75, 3.05) is 27.2 Å². The lowest BCUT2D eigenvalue weighted by atomic mass is 9.86. The van der Waals surface area contributed by atoms with Crippen molar-refractivity contribution in [2.45, 2.75) is 57.2 Å². The minimum atomic E-state index is 0.463.